The van der Waals surface area contributed by atoms with Crippen LogP contribution in [-0.2, 0) is 4.74 Å². The highest BCUT2D eigenvalue weighted by atomic mass is 127. The van der Waals surface area contributed by atoms with E-state index in [-0.39, 0.29) is 12.5 Å². The van der Waals surface area contributed by atoms with E-state index in [1.807, 2.05) is 45.2 Å². The molecule has 2 aromatic rings. The Balaban J connectivity index is 2.48. The average Bonchev–Trinajstić information content (AvgIpc) is 2.56. The number of carboxylic acid groups (broad SMARTS) is 1. The standard InChI is InChI=1S/C15H8F4I2O5/c1-24-4-25-13-6(20)2-5(3-7(13)21)26-14-11(18)9(16)8(15(22)23)10(17)12(14)19/h2-3H,4H2,1H3,(H,22,23)/p-1. The zero-order valence-corrected chi connectivity index (χ0v) is 17.0. The van der Waals surface area contributed by atoms with E-state index in [1.165, 1.54) is 19.2 Å². The Bertz CT molecular complexity index is 824. The summed E-state index contributed by atoms with van der Waals surface area (Å²) in [4.78, 5) is 10.6. The van der Waals surface area contributed by atoms with Gasteiger partial charge in [-0.15, -0.1) is 0 Å². The molecule has 2 aromatic carbocycles. The van der Waals surface area contributed by atoms with Crippen molar-refractivity contribution < 1.29 is 41.7 Å². The summed E-state index contributed by atoms with van der Waals surface area (Å²) >= 11 is 3.70. The zero-order chi connectivity index (χ0) is 19.6. The van der Waals surface area contributed by atoms with E-state index in [1.54, 1.807) is 0 Å². The fourth-order valence-corrected chi connectivity index (χ4v) is 3.87. The van der Waals surface area contributed by atoms with Crippen molar-refractivity contribution in [2.45, 2.75) is 0 Å². The van der Waals surface area contributed by atoms with Crippen molar-refractivity contribution in [2.75, 3.05) is 13.9 Å². The first-order valence-corrected chi connectivity index (χ1v) is 8.70. The molecule has 0 heterocycles. The van der Waals surface area contributed by atoms with E-state index < -0.39 is 40.6 Å². The van der Waals surface area contributed by atoms with Gasteiger partial charge in [0.1, 0.15) is 11.5 Å². The number of ether oxygens (including phenoxy) is 3. The molecule has 0 unspecified atom stereocenters. The van der Waals surface area contributed by atoms with Crippen LogP contribution in [0.1, 0.15) is 10.4 Å². The number of aromatic carboxylic acids is 1. The molecule has 0 amide bonds. The molecule has 11 heteroatoms. The van der Waals surface area contributed by atoms with Gasteiger partial charge in [0.05, 0.1) is 18.7 Å². The largest absolute Gasteiger partial charge is 0.545 e. The van der Waals surface area contributed by atoms with Crippen LogP contribution in [0.4, 0.5) is 17.6 Å². The first-order valence-electron chi connectivity index (χ1n) is 6.54. The minimum atomic E-state index is -2.40. The number of rotatable bonds is 6. The molecule has 0 aliphatic heterocycles. The second-order valence-corrected chi connectivity index (χ2v) is 6.94. The SMILES string of the molecule is COCOc1c(I)cc(Oc2c(F)c(F)c(C(=O)[O-])c(F)c2F)cc1I. The summed E-state index contributed by atoms with van der Waals surface area (Å²) in [5.74, 6) is -11.8. The fraction of sp³-hybridized carbons (Fsp3) is 0.133. The topological polar surface area (TPSA) is 67.8 Å². The molecule has 0 fully saturated rings. The van der Waals surface area contributed by atoms with Crippen molar-refractivity contribution in [3.8, 4) is 17.2 Å². The van der Waals surface area contributed by atoms with Gasteiger partial charge in [0, 0.05) is 7.11 Å². The molecule has 0 bridgehead atoms. The van der Waals surface area contributed by atoms with Crippen molar-refractivity contribution in [3.63, 3.8) is 0 Å². The third-order valence-electron chi connectivity index (χ3n) is 2.94. The lowest BCUT2D eigenvalue weighted by molar-refractivity contribution is -0.255. The molecule has 26 heavy (non-hydrogen) atoms. The lowest BCUT2D eigenvalue weighted by Gasteiger charge is -2.15. The van der Waals surface area contributed by atoms with E-state index in [2.05, 4.69) is 0 Å². The summed E-state index contributed by atoms with van der Waals surface area (Å²) in [7, 11) is 1.42. The second kappa shape index (κ2) is 8.56. The van der Waals surface area contributed by atoms with Crippen LogP contribution in [0.3, 0.4) is 0 Å². The lowest BCUT2D eigenvalue weighted by Crippen LogP contribution is -2.26. The minimum absolute atomic E-state index is 0.0451. The van der Waals surface area contributed by atoms with Crippen LogP contribution in [0.2, 0.25) is 0 Å². The highest BCUT2D eigenvalue weighted by Crippen LogP contribution is 2.37. The van der Waals surface area contributed by atoms with Gasteiger partial charge in [-0.1, -0.05) is 0 Å². The van der Waals surface area contributed by atoms with Gasteiger partial charge in [-0.25, -0.2) is 8.78 Å². The monoisotopic (exact) mass is 597 g/mol. The Morgan fingerprint density at radius 1 is 1.00 bits per heavy atom. The van der Waals surface area contributed by atoms with Gasteiger partial charge in [0.2, 0.25) is 17.4 Å². The maximum absolute atomic E-state index is 14.0. The summed E-state index contributed by atoms with van der Waals surface area (Å²) in [6.07, 6.45) is 0. The Morgan fingerprint density at radius 3 is 1.92 bits per heavy atom. The zero-order valence-electron chi connectivity index (χ0n) is 12.7. The molecule has 0 atom stereocenters. The number of carbonyl (C=O) groups excluding carboxylic acids is 1. The smallest absolute Gasteiger partial charge is 0.205 e. The molecule has 140 valence electrons. The number of methoxy groups -OCH3 is 1. The number of halogens is 6. The number of benzene rings is 2. The average molecular weight is 597 g/mol. The number of carboxylic acids is 1. The molecule has 2 rings (SSSR count). The Hall–Kier alpha value is -1.35. The van der Waals surface area contributed by atoms with Crippen LogP contribution in [0.5, 0.6) is 17.2 Å². The lowest BCUT2D eigenvalue weighted by atomic mass is 10.1. The third-order valence-corrected chi connectivity index (χ3v) is 4.54. The van der Waals surface area contributed by atoms with Crippen LogP contribution < -0.4 is 14.6 Å². The summed E-state index contributed by atoms with van der Waals surface area (Å²) < 4.78 is 71.2. The first kappa shape index (κ1) is 21.0. The summed E-state index contributed by atoms with van der Waals surface area (Å²) in [6, 6.07) is 2.60. The molecule has 0 N–H and O–H groups in total. The van der Waals surface area contributed by atoms with Crippen LogP contribution in [0.15, 0.2) is 12.1 Å². The molecule has 0 aliphatic rings. The van der Waals surface area contributed by atoms with Gasteiger partial charge >= 0.3 is 0 Å². The van der Waals surface area contributed by atoms with Crippen molar-refractivity contribution in [2.24, 2.45) is 0 Å². The van der Waals surface area contributed by atoms with E-state index >= 15 is 0 Å². The summed E-state index contributed by atoms with van der Waals surface area (Å²) in [6.45, 7) is -0.0451. The molecule has 0 saturated heterocycles. The quantitative estimate of drug-likeness (QED) is 0.221. The highest BCUT2D eigenvalue weighted by molar-refractivity contribution is 14.1. The summed E-state index contributed by atoms with van der Waals surface area (Å²) in [5, 5.41) is 10.6. The Morgan fingerprint density at radius 2 is 1.50 bits per heavy atom. The van der Waals surface area contributed by atoms with E-state index in [4.69, 9.17) is 14.2 Å². The van der Waals surface area contributed by atoms with Gasteiger partial charge in [0.15, 0.2) is 18.4 Å². The number of hydrogen-bond acceptors (Lipinski definition) is 5. The van der Waals surface area contributed by atoms with Crippen molar-refractivity contribution >= 4 is 51.2 Å². The van der Waals surface area contributed by atoms with Crippen LogP contribution in [0, 0.1) is 30.4 Å². The molecule has 5 nitrogen and oxygen atoms in total. The third kappa shape index (κ3) is 4.14. The molecular formula is C15H7F4I2O5-. The highest BCUT2D eigenvalue weighted by Gasteiger charge is 2.28. The maximum Gasteiger partial charge on any atom is 0.205 e. The predicted molar refractivity (Wildman–Crippen MR) is 95.1 cm³/mol. The van der Waals surface area contributed by atoms with Gasteiger partial charge in [0.25, 0.3) is 0 Å². The normalized spacial score (nSPS) is 10.7. The molecular weight excluding hydrogens is 590 g/mol. The Kier molecular flexibility index (Phi) is 6.90. The first-order chi connectivity index (χ1) is 12.2. The molecule has 0 aliphatic carbocycles. The fourth-order valence-electron chi connectivity index (χ4n) is 1.85. The molecule has 0 saturated carbocycles. The van der Waals surface area contributed by atoms with Gasteiger partial charge in [-0.3, -0.25) is 0 Å². The van der Waals surface area contributed by atoms with Gasteiger partial charge < -0.3 is 24.1 Å². The maximum atomic E-state index is 14.0. The van der Waals surface area contributed by atoms with Crippen LogP contribution in [0.25, 0.3) is 0 Å². The van der Waals surface area contributed by atoms with Crippen molar-refractivity contribution in [3.05, 3.63) is 48.1 Å². The Labute approximate surface area is 171 Å². The van der Waals surface area contributed by atoms with Gasteiger partial charge in [-0.05, 0) is 57.3 Å². The van der Waals surface area contributed by atoms with Crippen molar-refractivity contribution in [1.29, 1.82) is 0 Å². The summed E-state index contributed by atoms with van der Waals surface area (Å²) in [5.41, 5.74) is -1.85. The van der Waals surface area contributed by atoms with Crippen molar-refractivity contribution in [1.82, 2.24) is 0 Å². The van der Waals surface area contributed by atoms with E-state index in [0.29, 0.717) is 12.9 Å². The van der Waals surface area contributed by atoms with Gasteiger partial charge in [-0.2, -0.15) is 8.78 Å². The van der Waals surface area contributed by atoms with Crippen LogP contribution >= 0.6 is 45.2 Å². The van der Waals surface area contributed by atoms with Crippen LogP contribution in [-0.4, -0.2) is 19.9 Å². The van der Waals surface area contributed by atoms with E-state index in [9.17, 15) is 27.5 Å². The second-order valence-electron chi connectivity index (χ2n) is 4.62. The van der Waals surface area contributed by atoms with E-state index in [0.717, 1.165) is 0 Å². The molecule has 0 aromatic heterocycles. The molecule has 0 radical (unpaired) electrons. The minimum Gasteiger partial charge on any atom is -0.545 e. The molecule has 0 spiro atoms. The number of carbonyl (C=O) groups is 1. The number of hydrogen-bond donors (Lipinski definition) is 0. The predicted octanol–water partition coefficient (Wildman–Crippen LogP) is 3.59.